The number of amides is 1. The molecule has 1 saturated heterocycles. The molecule has 0 spiro atoms. The number of nitrogens with one attached hydrogen (secondary N) is 2. The number of piperidine rings is 1. The summed E-state index contributed by atoms with van der Waals surface area (Å²) >= 11 is 0. The summed E-state index contributed by atoms with van der Waals surface area (Å²) in [6.07, 6.45) is -1.73. The molecular formula is C12H19F3N2O. The molecule has 1 aliphatic heterocycles. The normalized spacial score (nSPS) is 30.9. The van der Waals surface area contributed by atoms with Crippen LogP contribution in [0.4, 0.5) is 13.2 Å². The van der Waals surface area contributed by atoms with E-state index in [1.54, 1.807) is 0 Å². The van der Waals surface area contributed by atoms with Crippen LogP contribution in [0.5, 0.6) is 0 Å². The number of carbonyl (C=O) groups is 1. The molecule has 0 radical (unpaired) electrons. The lowest BCUT2D eigenvalue weighted by molar-refractivity contribution is -0.171. The summed E-state index contributed by atoms with van der Waals surface area (Å²) in [6, 6.07) is -0.469. The zero-order valence-corrected chi connectivity index (χ0v) is 10.4. The second-order valence-corrected chi connectivity index (χ2v) is 5.37. The lowest BCUT2D eigenvalue weighted by atomic mass is 9.90. The minimum Gasteiger partial charge on any atom is -0.341 e. The Hall–Kier alpha value is -0.780. The highest BCUT2D eigenvalue weighted by Gasteiger charge is 2.64. The zero-order chi connectivity index (χ0) is 13.4. The van der Waals surface area contributed by atoms with Gasteiger partial charge in [-0.3, -0.25) is 4.79 Å². The number of carbonyl (C=O) groups excluding carboxylic acids is 1. The first-order valence-corrected chi connectivity index (χ1v) is 6.50. The van der Waals surface area contributed by atoms with Crippen LogP contribution in [0.2, 0.25) is 0 Å². The molecule has 2 fully saturated rings. The second kappa shape index (κ2) is 4.72. The van der Waals surface area contributed by atoms with Crippen molar-refractivity contribution in [1.82, 2.24) is 10.6 Å². The number of halogens is 3. The van der Waals surface area contributed by atoms with Gasteiger partial charge in [0.25, 0.3) is 0 Å². The molecule has 3 nitrogen and oxygen atoms in total. The first-order valence-electron chi connectivity index (χ1n) is 6.50. The van der Waals surface area contributed by atoms with Gasteiger partial charge in [-0.05, 0) is 38.1 Å². The highest BCUT2D eigenvalue weighted by atomic mass is 19.4. The molecule has 0 aromatic rings. The van der Waals surface area contributed by atoms with Crippen molar-refractivity contribution in [1.29, 1.82) is 0 Å². The minimum atomic E-state index is -4.33. The van der Waals surface area contributed by atoms with Crippen molar-refractivity contribution >= 4 is 5.91 Å². The molecule has 2 unspecified atom stereocenters. The standard InChI is InChI=1S/C12H19F3N2O/c1-2-8-3-6-16-9(7-8)10(18)17-11(4-5-11)12(13,14)15/h8-9,16H,2-7H2,1H3,(H,17,18). The van der Waals surface area contributed by atoms with Crippen molar-refractivity contribution in [3.63, 3.8) is 0 Å². The maximum absolute atomic E-state index is 12.7. The average Bonchev–Trinajstić information content (AvgIpc) is 3.09. The van der Waals surface area contributed by atoms with Crippen LogP contribution in [0, 0.1) is 5.92 Å². The van der Waals surface area contributed by atoms with Crippen LogP contribution in [-0.2, 0) is 4.79 Å². The average molecular weight is 264 g/mol. The van der Waals surface area contributed by atoms with E-state index in [4.69, 9.17) is 0 Å². The van der Waals surface area contributed by atoms with Crippen molar-refractivity contribution < 1.29 is 18.0 Å². The van der Waals surface area contributed by atoms with E-state index in [9.17, 15) is 18.0 Å². The van der Waals surface area contributed by atoms with Gasteiger partial charge in [-0.2, -0.15) is 13.2 Å². The fraction of sp³-hybridized carbons (Fsp3) is 0.917. The third-order valence-electron chi connectivity index (χ3n) is 4.06. The Balaban J connectivity index is 1.92. The van der Waals surface area contributed by atoms with Crippen molar-refractivity contribution in [3.05, 3.63) is 0 Å². The smallest absolute Gasteiger partial charge is 0.341 e. The fourth-order valence-corrected chi connectivity index (χ4v) is 2.49. The van der Waals surface area contributed by atoms with E-state index >= 15 is 0 Å². The molecule has 2 rings (SSSR count). The van der Waals surface area contributed by atoms with E-state index in [1.165, 1.54) is 0 Å². The van der Waals surface area contributed by atoms with Gasteiger partial charge in [0.1, 0.15) is 5.54 Å². The predicted molar refractivity (Wildman–Crippen MR) is 61.0 cm³/mol. The van der Waals surface area contributed by atoms with E-state index < -0.39 is 23.7 Å². The molecule has 0 aromatic heterocycles. The fourth-order valence-electron chi connectivity index (χ4n) is 2.49. The lowest BCUT2D eigenvalue weighted by Gasteiger charge is -2.31. The Morgan fingerprint density at radius 1 is 1.44 bits per heavy atom. The molecule has 2 aliphatic rings. The highest BCUT2D eigenvalue weighted by molar-refractivity contribution is 5.83. The van der Waals surface area contributed by atoms with Gasteiger partial charge in [0, 0.05) is 0 Å². The summed E-state index contributed by atoms with van der Waals surface area (Å²) in [7, 11) is 0. The van der Waals surface area contributed by atoms with Crippen LogP contribution >= 0.6 is 0 Å². The Morgan fingerprint density at radius 2 is 2.11 bits per heavy atom. The summed E-state index contributed by atoms with van der Waals surface area (Å²) in [4.78, 5) is 11.9. The molecule has 1 amide bonds. The molecule has 0 aromatic carbocycles. The molecule has 18 heavy (non-hydrogen) atoms. The largest absolute Gasteiger partial charge is 0.411 e. The topological polar surface area (TPSA) is 41.1 Å². The highest BCUT2D eigenvalue weighted by Crippen LogP contribution is 2.49. The maximum atomic E-state index is 12.7. The Morgan fingerprint density at radius 3 is 2.61 bits per heavy atom. The minimum absolute atomic E-state index is 0.00612. The molecular weight excluding hydrogens is 245 g/mol. The van der Waals surface area contributed by atoms with Crippen LogP contribution in [0.25, 0.3) is 0 Å². The summed E-state index contributed by atoms with van der Waals surface area (Å²) in [5.74, 6) is -0.0639. The maximum Gasteiger partial charge on any atom is 0.411 e. The Labute approximate surface area is 104 Å². The van der Waals surface area contributed by atoms with E-state index in [0.717, 1.165) is 12.8 Å². The van der Waals surface area contributed by atoms with E-state index in [2.05, 4.69) is 10.6 Å². The number of alkyl halides is 3. The SMILES string of the molecule is CCC1CCNC(C(=O)NC2(C(F)(F)F)CC2)C1. The quantitative estimate of drug-likeness (QED) is 0.818. The molecule has 0 bridgehead atoms. The summed E-state index contributed by atoms with van der Waals surface area (Å²) in [5.41, 5.74) is -1.94. The first-order chi connectivity index (χ1) is 8.38. The van der Waals surface area contributed by atoms with Gasteiger partial charge in [0.15, 0.2) is 0 Å². The molecule has 1 heterocycles. The third-order valence-corrected chi connectivity index (χ3v) is 4.06. The molecule has 2 atom stereocenters. The van der Waals surface area contributed by atoms with Crippen molar-refractivity contribution in [2.75, 3.05) is 6.54 Å². The van der Waals surface area contributed by atoms with Crippen LogP contribution < -0.4 is 10.6 Å². The second-order valence-electron chi connectivity index (χ2n) is 5.37. The number of rotatable bonds is 3. The van der Waals surface area contributed by atoms with Crippen LogP contribution in [-0.4, -0.2) is 30.2 Å². The monoisotopic (exact) mass is 264 g/mol. The Bertz CT molecular complexity index is 326. The van der Waals surface area contributed by atoms with Crippen LogP contribution in [0.3, 0.4) is 0 Å². The van der Waals surface area contributed by atoms with Gasteiger partial charge < -0.3 is 10.6 Å². The van der Waals surface area contributed by atoms with Gasteiger partial charge in [-0.25, -0.2) is 0 Å². The van der Waals surface area contributed by atoms with Gasteiger partial charge >= 0.3 is 6.18 Å². The van der Waals surface area contributed by atoms with Crippen molar-refractivity contribution in [3.8, 4) is 0 Å². The lowest BCUT2D eigenvalue weighted by Crippen LogP contribution is -2.55. The van der Waals surface area contributed by atoms with Crippen LogP contribution in [0.15, 0.2) is 0 Å². The van der Waals surface area contributed by atoms with Gasteiger partial charge in [0.05, 0.1) is 6.04 Å². The zero-order valence-electron chi connectivity index (χ0n) is 10.4. The summed E-state index contributed by atoms with van der Waals surface area (Å²) < 4.78 is 38.2. The van der Waals surface area contributed by atoms with Gasteiger partial charge in [-0.1, -0.05) is 13.3 Å². The first kappa shape index (κ1) is 13.6. The molecule has 6 heteroatoms. The third kappa shape index (κ3) is 2.63. The van der Waals surface area contributed by atoms with Gasteiger partial charge in [0.2, 0.25) is 5.91 Å². The molecule has 1 saturated carbocycles. The number of hydrogen-bond acceptors (Lipinski definition) is 2. The number of hydrogen-bond donors (Lipinski definition) is 2. The van der Waals surface area contributed by atoms with Crippen LogP contribution in [0.1, 0.15) is 39.0 Å². The van der Waals surface area contributed by atoms with Crippen molar-refractivity contribution in [2.24, 2.45) is 5.92 Å². The van der Waals surface area contributed by atoms with Gasteiger partial charge in [-0.15, -0.1) is 0 Å². The van der Waals surface area contributed by atoms with E-state index in [1.807, 2.05) is 6.92 Å². The molecule has 1 aliphatic carbocycles. The van der Waals surface area contributed by atoms with E-state index in [0.29, 0.717) is 18.9 Å². The molecule has 104 valence electrons. The molecule has 2 N–H and O–H groups in total. The Kier molecular flexibility index (Phi) is 3.58. The predicted octanol–water partition coefficient (Wildman–Crippen LogP) is 1.98. The van der Waals surface area contributed by atoms with Crippen molar-refractivity contribution in [2.45, 2.75) is 56.8 Å². The van der Waals surface area contributed by atoms with E-state index in [-0.39, 0.29) is 12.8 Å². The summed E-state index contributed by atoms with van der Waals surface area (Å²) in [5, 5.41) is 5.20. The summed E-state index contributed by atoms with van der Waals surface area (Å²) in [6.45, 7) is 2.75.